The van der Waals surface area contributed by atoms with Gasteiger partial charge in [0.05, 0.1) is 4.92 Å². The molecule has 0 aliphatic carbocycles. The summed E-state index contributed by atoms with van der Waals surface area (Å²) in [7, 11) is 0. The monoisotopic (exact) mass is 277 g/mol. The highest BCUT2D eigenvalue weighted by Gasteiger charge is 2.22. The Morgan fingerprint density at radius 3 is 2.68 bits per heavy atom. The quantitative estimate of drug-likeness (QED) is 0.520. The van der Waals surface area contributed by atoms with Crippen LogP contribution in [0.2, 0.25) is 0 Å². The van der Waals surface area contributed by atoms with Crippen LogP contribution in [-0.4, -0.2) is 19.9 Å². The molecular weight excluding hydrogens is 266 g/mol. The first-order valence-electron chi connectivity index (χ1n) is 5.35. The second kappa shape index (κ2) is 5.19. The lowest BCUT2D eigenvalue weighted by atomic mass is 10.3. The Bertz CT molecular complexity index is 627. The van der Waals surface area contributed by atoms with Gasteiger partial charge in [-0.1, -0.05) is 0 Å². The number of nitrogens with two attached hydrogens (primary N) is 1. The normalized spacial score (nSPS) is 10.4. The molecule has 0 aromatic carbocycles. The molecule has 0 amide bonds. The van der Waals surface area contributed by atoms with E-state index in [9.17, 15) is 10.1 Å². The third-order valence-corrected chi connectivity index (χ3v) is 3.19. The minimum atomic E-state index is -0.583. The maximum Gasteiger partial charge on any atom is 0.343 e. The summed E-state index contributed by atoms with van der Waals surface area (Å²) in [5, 5.41) is 11.8. The summed E-state index contributed by atoms with van der Waals surface area (Å²) in [5.74, 6) is -0.146. The Kier molecular flexibility index (Phi) is 3.61. The lowest BCUT2D eigenvalue weighted by Gasteiger charge is -2.04. The zero-order valence-electron chi connectivity index (χ0n) is 10.3. The van der Waals surface area contributed by atoms with Crippen molar-refractivity contribution < 1.29 is 4.92 Å². The summed E-state index contributed by atoms with van der Waals surface area (Å²) in [6.45, 7) is 3.79. The number of aromatic nitrogens is 3. The summed E-state index contributed by atoms with van der Waals surface area (Å²) < 4.78 is 0. The first-order chi connectivity index (χ1) is 8.97. The standard InChI is InChI=1S/C11H11N5O2S/c1-6-3-7(2)15-8(4-6)19-11-9(16(17)18)10(12)13-5-14-11/h3-5H,1-2H3,(H2,12,13,14). The second-order valence-electron chi connectivity index (χ2n) is 3.90. The fraction of sp³-hybridized carbons (Fsp3) is 0.182. The largest absolute Gasteiger partial charge is 0.378 e. The predicted molar refractivity (Wildman–Crippen MR) is 70.9 cm³/mol. The number of rotatable bonds is 3. The van der Waals surface area contributed by atoms with Crippen molar-refractivity contribution in [2.45, 2.75) is 23.9 Å². The van der Waals surface area contributed by atoms with E-state index in [4.69, 9.17) is 5.73 Å². The summed E-state index contributed by atoms with van der Waals surface area (Å²) in [4.78, 5) is 22.2. The first-order valence-corrected chi connectivity index (χ1v) is 6.17. The van der Waals surface area contributed by atoms with Crippen LogP contribution in [0, 0.1) is 24.0 Å². The Balaban J connectivity index is 2.43. The van der Waals surface area contributed by atoms with Gasteiger partial charge in [-0.05, 0) is 43.3 Å². The average Bonchev–Trinajstić information content (AvgIpc) is 2.26. The van der Waals surface area contributed by atoms with Crippen LogP contribution < -0.4 is 5.73 Å². The van der Waals surface area contributed by atoms with Crippen LogP contribution in [0.4, 0.5) is 11.5 Å². The molecule has 2 aromatic heterocycles. The van der Waals surface area contributed by atoms with E-state index in [1.54, 1.807) is 0 Å². The maximum atomic E-state index is 11.0. The van der Waals surface area contributed by atoms with Gasteiger partial charge in [-0.3, -0.25) is 10.1 Å². The number of pyridine rings is 1. The Labute approximate surface area is 113 Å². The van der Waals surface area contributed by atoms with Crippen molar-refractivity contribution in [1.29, 1.82) is 0 Å². The minimum Gasteiger partial charge on any atom is -0.378 e. The molecule has 0 radical (unpaired) electrons. The Morgan fingerprint density at radius 1 is 1.32 bits per heavy atom. The molecule has 0 aliphatic heterocycles. The predicted octanol–water partition coefficient (Wildman–Crippen LogP) is 2.13. The molecule has 2 N–H and O–H groups in total. The van der Waals surface area contributed by atoms with Gasteiger partial charge in [0.25, 0.3) is 0 Å². The van der Waals surface area contributed by atoms with E-state index in [0.717, 1.165) is 23.0 Å². The van der Waals surface area contributed by atoms with Crippen molar-refractivity contribution in [2.24, 2.45) is 0 Å². The van der Waals surface area contributed by atoms with Crippen LogP contribution in [-0.2, 0) is 0 Å². The third-order valence-electron chi connectivity index (χ3n) is 2.28. The molecule has 0 unspecified atom stereocenters. The zero-order chi connectivity index (χ0) is 14.0. The van der Waals surface area contributed by atoms with Crippen LogP contribution in [0.3, 0.4) is 0 Å². The van der Waals surface area contributed by atoms with Gasteiger partial charge >= 0.3 is 5.69 Å². The fourth-order valence-electron chi connectivity index (χ4n) is 1.58. The number of hydrogen-bond donors (Lipinski definition) is 1. The number of nitro groups is 1. The molecule has 0 fully saturated rings. The summed E-state index contributed by atoms with van der Waals surface area (Å²) in [6, 6.07) is 3.76. The molecule has 7 nitrogen and oxygen atoms in total. The summed E-state index contributed by atoms with van der Waals surface area (Å²) in [6.07, 6.45) is 1.20. The molecule has 8 heteroatoms. The molecule has 2 aromatic rings. The number of aryl methyl sites for hydroxylation is 2. The van der Waals surface area contributed by atoms with Crippen LogP contribution in [0.1, 0.15) is 11.3 Å². The van der Waals surface area contributed by atoms with Gasteiger partial charge in [0.15, 0.2) is 5.03 Å². The van der Waals surface area contributed by atoms with Crippen molar-refractivity contribution in [2.75, 3.05) is 5.73 Å². The second-order valence-corrected chi connectivity index (χ2v) is 4.91. The SMILES string of the molecule is Cc1cc(C)nc(Sc2ncnc(N)c2[N+](=O)[O-])c1. The molecule has 0 aliphatic rings. The van der Waals surface area contributed by atoms with Crippen molar-refractivity contribution in [3.8, 4) is 0 Å². The van der Waals surface area contributed by atoms with Gasteiger partial charge in [0.1, 0.15) is 11.4 Å². The maximum absolute atomic E-state index is 11.0. The molecule has 2 rings (SSSR count). The topological polar surface area (TPSA) is 108 Å². The van der Waals surface area contributed by atoms with Gasteiger partial charge in [-0.15, -0.1) is 0 Å². The van der Waals surface area contributed by atoms with E-state index in [2.05, 4.69) is 15.0 Å². The molecule has 0 spiro atoms. The van der Waals surface area contributed by atoms with Gasteiger partial charge in [-0.25, -0.2) is 15.0 Å². The van der Waals surface area contributed by atoms with E-state index >= 15 is 0 Å². The molecule has 0 saturated heterocycles. The van der Waals surface area contributed by atoms with Gasteiger partial charge in [-0.2, -0.15) is 0 Å². The van der Waals surface area contributed by atoms with E-state index in [-0.39, 0.29) is 16.5 Å². The summed E-state index contributed by atoms with van der Waals surface area (Å²) in [5.41, 5.74) is 7.09. The van der Waals surface area contributed by atoms with Crippen LogP contribution in [0.25, 0.3) is 0 Å². The van der Waals surface area contributed by atoms with Crippen LogP contribution in [0.15, 0.2) is 28.5 Å². The minimum absolute atomic E-state index is 0.146. The molecule has 98 valence electrons. The van der Waals surface area contributed by atoms with Crippen molar-refractivity contribution in [3.05, 3.63) is 39.8 Å². The van der Waals surface area contributed by atoms with Crippen molar-refractivity contribution >= 4 is 23.3 Å². The molecular formula is C11H11N5O2S. The fourth-order valence-corrected chi connectivity index (χ4v) is 2.59. The Morgan fingerprint density at radius 2 is 2.05 bits per heavy atom. The number of nitrogens with zero attached hydrogens (tertiary/aromatic N) is 4. The smallest absolute Gasteiger partial charge is 0.343 e. The molecule has 0 bridgehead atoms. The number of hydrogen-bond acceptors (Lipinski definition) is 7. The van der Waals surface area contributed by atoms with Crippen LogP contribution >= 0.6 is 11.8 Å². The van der Waals surface area contributed by atoms with Crippen molar-refractivity contribution in [3.63, 3.8) is 0 Å². The van der Waals surface area contributed by atoms with Crippen LogP contribution in [0.5, 0.6) is 0 Å². The van der Waals surface area contributed by atoms with E-state index < -0.39 is 4.92 Å². The van der Waals surface area contributed by atoms with E-state index in [1.165, 1.54) is 6.33 Å². The summed E-state index contributed by atoms with van der Waals surface area (Å²) >= 11 is 1.10. The van der Waals surface area contributed by atoms with Gasteiger partial charge < -0.3 is 5.73 Å². The Hall–Kier alpha value is -2.22. The first kappa shape index (κ1) is 13.2. The highest BCUT2D eigenvalue weighted by Crippen LogP contribution is 2.34. The third kappa shape index (κ3) is 2.97. The molecule has 19 heavy (non-hydrogen) atoms. The highest BCUT2D eigenvalue weighted by atomic mass is 32.2. The van der Waals surface area contributed by atoms with Gasteiger partial charge in [0.2, 0.25) is 5.82 Å². The van der Waals surface area contributed by atoms with Crippen molar-refractivity contribution in [1.82, 2.24) is 15.0 Å². The van der Waals surface area contributed by atoms with E-state index in [1.807, 2.05) is 26.0 Å². The van der Waals surface area contributed by atoms with Gasteiger partial charge in [0, 0.05) is 5.69 Å². The lowest BCUT2D eigenvalue weighted by molar-refractivity contribution is -0.387. The molecule has 0 saturated carbocycles. The molecule has 0 atom stereocenters. The molecule has 2 heterocycles. The van der Waals surface area contributed by atoms with E-state index in [0.29, 0.717) is 5.03 Å². The highest BCUT2D eigenvalue weighted by molar-refractivity contribution is 7.99. The lowest BCUT2D eigenvalue weighted by Crippen LogP contribution is -2.02. The number of nitrogen functional groups attached to an aromatic ring is 1. The average molecular weight is 277 g/mol. The zero-order valence-corrected chi connectivity index (χ0v) is 11.1. The number of anilines is 1.